The molecule has 2 aromatic heterocycles. The van der Waals surface area contributed by atoms with Crippen molar-refractivity contribution in [2.45, 2.75) is 12.8 Å². The average Bonchev–Trinajstić information content (AvgIpc) is 3.00. The monoisotopic (exact) mass is 276 g/mol. The van der Waals surface area contributed by atoms with E-state index < -0.39 is 0 Å². The van der Waals surface area contributed by atoms with Gasteiger partial charge in [0.05, 0.1) is 17.4 Å². The molecule has 0 saturated carbocycles. The lowest BCUT2D eigenvalue weighted by molar-refractivity contribution is 1.03. The number of aromatic nitrogens is 4. The van der Waals surface area contributed by atoms with E-state index in [-0.39, 0.29) is 0 Å². The van der Waals surface area contributed by atoms with Crippen LogP contribution in [0, 0.1) is 0 Å². The summed E-state index contributed by atoms with van der Waals surface area (Å²) in [6.45, 7) is 8.21. The van der Waals surface area contributed by atoms with Gasteiger partial charge >= 0.3 is 0 Å². The van der Waals surface area contributed by atoms with Crippen LogP contribution in [0.3, 0.4) is 0 Å². The summed E-state index contributed by atoms with van der Waals surface area (Å²) in [5.41, 5.74) is 5.10. The molecule has 3 rings (SSSR count). The van der Waals surface area contributed by atoms with Gasteiger partial charge in [0.1, 0.15) is 0 Å². The molecule has 0 atom stereocenters. The van der Waals surface area contributed by atoms with Gasteiger partial charge in [0, 0.05) is 12.4 Å². The first-order chi connectivity index (χ1) is 10.2. The summed E-state index contributed by atoms with van der Waals surface area (Å²) in [5, 5.41) is 0. The van der Waals surface area contributed by atoms with E-state index in [1.807, 2.05) is 6.07 Å². The molecule has 0 aliphatic heterocycles. The molecular weight excluding hydrogens is 260 g/mol. The maximum Gasteiger partial charge on any atom is 0.154 e. The van der Waals surface area contributed by atoms with Crippen molar-refractivity contribution in [1.82, 2.24) is 19.9 Å². The van der Waals surface area contributed by atoms with Crippen LogP contribution in [0.15, 0.2) is 56.1 Å². The summed E-state index contributed by atoms with van der Waals surface area (Å²) in [4.78, 5) is 15.8. The molecule has 21 heavy (non-hydrogen) atoms. The van der Waals surface area contributed by atoms with Crippen LogP contribution in [0.25, 0.3) is 22.2 Å². The molecule has 0 fully saturated rings. The number of allylic oxidation sites excluding steroid dienone is 2. The summed E-state index contributed by atoms with van der Waals surface area (Å²) in [6.07, 6.45) is 6.78. The lowest BCUT2D eigenvalue weighted by atomic mass is 9.99. The number of hydrogen-bond donors (Lipinski definition) is 1. The Morgan fingerprint density at radius 3 is 2.57 bits per heavy atom. The predicted octanol–water partition coefficient (Wildman–Crippen LogP) is 3.86. The lowest BCUT2D eigenvalue weighted by Gasteiger charge is -2.07. The van der Waals surface area contributed by atoms with Crippen molar-refractivity contribution in [3.05, 3.63) is 67.5 Å². The van der Waals surface area contributed by atoms with Gasteiger partial charge in [0.25, 0.3) is 0 Å². The normalized spacial score (nSPS) is 10.7. The smallest absolute Gasteiger partial charge is 0.154 e. The number of benzene rings is 1. The van der Waals surface area contributed by atoms with Gasteiger partial charge in [-0.05, 0) is 47.8 Å². The van der Waals surface area contributed by atoms with E-state index in [0.717, 1.165) is 40.6 Å². The first-order valence-electron chi connectivity index (χ1n) is 6.80. The summed E-state index contributed by atoms with van der Waals surface area (Å²) in [5.74, 6) is 0.702. The highest BCUT2D eigenvalue weighted by Crippen LogP contribution is 2.24. The Morgan fingerprint density at radius 1 is 1.00 bits per heavy atom. The molecule has 1 aromatic carbocycles. The first-order valence-corrected chi connectivity index (χ1v) is 6.80. The Kier molecular flexibility index (Phi) is 3.60. The molecule has 0 unspecified atom stereocenters. The Balaban J connectivity index is 1.67. The fourth-order valence-corrected chi connectivity index (χ4v) is 2.19. The lowest BCUT2D eigenvalue weighted by Crippen LogP contribution is -1.92. The molecule has 0 aliphatic carbocycles. The number of aromatic amines is 1. The first kappa shape index (κ1) is 13.2. The minimum atomic E-state index is 0.702. The quantitative estimate of drug-likeness (QED) is 0.769. The summed E-state index contributed by atoms with van der Waals surface area (Å²) in [6, 6.07) is 7.94. The summed E-state index contributed by atoms with van der Waals surface area (Å²) in [7, 11) is 0. The van der Waals surface area contributed by atoms with Crippen molar-refractivity contribution in [3.8, 4) is 0 Å². The fourth-order valence-electron chi connectivity index (χ4n) is 2.19. The summed E-state index contributed by atoms with van der Waals surface area (Å²) >= 11 is 0. The standard InChI is InChI=1S/C17H16N4/c1-12(4-5-13(2)17-18-8-3-9-19-17)14-6-7-15-16(10-14)21-11-20-15/h3,6-11H,1-2,4-5H2,(H,20,21). The average molecular weight is 276 g/mol. The van der Waals surface area contributed by atoms with Crippen LogP contribution in [0.5, 0.6) is 0 Å². The second-order valence-electron chi connectivity index (χ2n) is 4.91. The molecule has 4 heteroatoms. The Labute approximate surface area is 123 Å². The van der Waals surface area contributed by atoms with Gasteiger partial charge in [0.2, 0.25) is 0 Å². The molecule has 0 aliphatic rings. The molecule has 3 aromatic rings. The van der Waals surface area contributed by atoms with Crippen molar-refractivity contribution in [2.75, 3.05) is 0 Å². The Morgan fingerprint density at radius 2 is 1.76 bits per heavy atom. The van der Waals surface area contributed by atoms with Crippen LogP contribution >= 0.6 is 0 Å². The molecule has 0 radical (unpaired) electrons. The molecule has 0 amide bonds. The highest BCUT2D eigenvalue weighted by atomic mass is 14.9. The predicted molar refractivity (Wildman–Crippen MR) is 85.4 cm³/mol. The van der Waals surface area contributed by atoms with Crippen molar-refractivity contribution in [3.63, 3.8) is 0 Å². The second-order valence-corrected chi connectivity index (χ2v) is 4.91. The van der Waals surface area contributed by atoms with E-state index in [0.29, 0.717) is 5.82 Å². The van der Waals surface area contributed by atoms with Gasteiger partial charge < -0.3 is 4.98 Å². The van der Waals surface area contributed by atoms with E-state index in [4.69, 9.17) is 0 Å². The number of nitrogens with one attached hydrogen (secondary N) is 1. The molecular formula is C17H16N4. The second kappa shape index (κ2) is 5.71. The zero-order chi connectivity index (χ0) is 14.7. The van der Waals surface area contributed by atoms with Crippen molar-refractivity contribution in [1.29, 1.82) is 0 Å². The third-order valence-corrected chi connectivity index (χ3v) is 3.44. The van der Waals surface area contributed by atoms with Gasteiger partial charge in [-0.1, -0.05) is 19.2 Å². The van der Waals surface area contributed by atoms with Gasteiger partial charge in [-0.3, -0.25) is 0 Å². The highest BCUT2D eigenvalue weighted by molar-refractivity contribution is 5.80. The van der Waals surface area contributed by atoms with E-state index in [9.17, 15) is 0 Å². The van der Waals surface area contributed by atoms with Crippen molar-refractivity contribution < 1.29 is 0 Å². The topological polar surface area (TPSA) is 54.5 Å². The minimum Gasteiger partial charge on any atom is -0.345 e. The number of rotatable bonds is 5. The SMILES string of the molecule is C=C(CCC(=C)c1ncccn1)c1ccc2[nH]cnc2c1. The van der Waals surface area contributed by atoms with Gasteiger partial charge in [0.15, 0.2) is 5.82 Å². The minimum absolute atomic E-state index is 0.702. The van der Waals surface area contributed by atoms with E-state index in [1.165, 1.54) is 0 Å². The highest BCUT2D eigenvalue weighted by Gasteiger charge is 2.06. The van der Waals surface area contributed by atoms with Gasteiger partial charge in [-0.25, -0.2) is 15.0 Å². The molecule has 4 nitrogen and oxygen atoms in total. The fraction of sp³-hybridized carbons (Fsp3) is 0.118. The van der Waals surface area contributed by atoms with Crippen LogP contribution in [0.2, 0.25) is 0 Å². The maximum atomic E-state index is 4.27. The van der Waals surface area contributed by atoms with E-state index >= 15 is 0 Å². The van der Waals surface area contributed by atoms with Crippen LogP contribution in [0.4, 0.5) is 0 Å². The van der Waals surface area contributed by atoms with Crippen LogP contribution in [0.1, 0.15) is 24.2 Å². The van der Waals surface area contributed by atoms with Crippen LogP contribution in [-0.2, 0) is 0 Å². The van der Waals surface area contributed by atoms with Gasteiger partial charge in [-0.15, -0.1) is 0 Å². The largest absolute Gasteiger partial charge is 0.345 e. The maximum absolute atomic E-state index is 4.27. The zero-order valence-corrected chi connectivity index (χ0v) is 11.7. The molecule has 104 valence electrons. The van der Waals surface area contributed by atoms with Crippen molar-refractivity contribution in [2.24, 2.45) is 0 Å². The van der Waals surface area contributed by atoms with Gasteiger partial charge in [-0.2, -0.15) is 0 Å². The van der Waals surface area contributed by atoms with E-state index in [1.54, 1.807) is 24.8 Å². The third kappa shape index (κ3) is 2.89. The Bertz CT molecular complexity index is 787. The molecule has 0 saturated heterocycles. The number of H-pyrrole nitrogens is 1. The summed E-state index contributed by atoms with van der Waals surface area (Å²) < 4.78 is 0. The third-order valence-electron chi connectivity index (χ3n) is 3.44. The number of imidazole rings is 1. The molecule has 1 N–H and O–H groups in total. The molecule has 0 bridgehead atoms. The molecule has 2 heterocycles. The molecule has 0 spiro atoms. The van der Waals surface area contributed by atoms with Crippen molar-refractivity contribution >= 4 is 22.2 Å². The Hall–Kier alpha value is -2.75. The number of fused-ring (bicyclic) bond motifs is 1. The number of hydrogen-bond acceptors (Lipinski definition) is 3. The van der Waals surface area contributed by atoms with Crippen LogP contribution < -0.4 is 0 Å². The zero-order valence-electron chi connectivity index (χ0n) is 11.7. The number of nitrogens with zero attached hydrogens (tertiary/aromatic N) is 3. The van der Waals surface area contributed by atoms with Crippen LogP contribution in [-0.4, -0.2) is 19.9 Å². The van der Waals surface area contributed by atoms with E-state index in [2.05, 4.69) is 45.2 Å².